The van der Waals surface area contributed by atoms with Gasteiger partial charge in [-0.25, -0.2) is 19.9 Å². The van der Waals surface area contributed by atoms with Gasteiger partial charge in [-0.15, -0.1) is 0 Å². The zero-order valence-electron chi connectivity index (χ0n) is 14.2. The van der Waals surface area contributed by atoms with Gasteiger partial charge in [-0.1, -0.05) is 0 Å². The first kappa shape index (κ1) is 17.2. The number of nitrogens with one attached hydrogen (secondary N) is 1. The van der Waals surface area contributed by atoms with Crippen LogP contribution in [-0.4, -0.2) is 63.2 Å². The van der Waals surface area contributed by atoms with Crippen LogP contribution in [0.25, 0.3) is 11.2 Å². The Morgan fingerprint density at radius 3 is 2.48 bits per heavy atom. The predicted molar refractivity (Wildman–Crippen MR) is 89.7 cm³/mol. The van der Waals surface area contributed by atoms with E-state index in [-0.39, 0.29) is 11.5 Å². The molecular formula is C15H15F3N8O. The predicted octanol–water partition coefficient (Wildman–Crippen LogP) is 1.50. The Hall–Kier alpha value is -3.18. The lowest BCUT2D eigenvalue weighted by Gasteiger charge is -2.35. The summed E-state index contributed by atoms with van der Waals surface area (Å²) >= 11 is 0. The molecule has 1 fully saturated rings. The van der Waals surface area contributed by atoms with E-state index in [1.54, 1.807) is 17.2 Å². The van der Waals surface area contributed by atoms with E-state index in [9.17, 15) is 13.2 Å². The quantitative estimate of drug-likeness (QED) is 0.730. The third kappa shape index (κ3) is 3.29. The number of rotatable bonds is 3. The maximum absolute atomic E-state index is 13.1. The molecule has 142 valence electrons. The van der Waals surface area contributed by atoms with Crippen molar-refractivity contribution in [2.75, 3.05) is 43.1 Å². The van der Waals surface area contributed by atoms with Crippen molar-refractivity contribution in [3.8, 4) is 5.88 Å². The summed E-state index contributed by atoms with van der Waals surface area (Å²) in [7, 11) is 1.52. The van der Waals surface area contributed by atoms with Gasteiger partial charge in [0.05, 0.1) is 13.4 Å². The second-order valence-electron chi connectivity index (χ2n) is 5.84. The normalized spacial score (nSPS) is 15.4. The average molecular weight is 380 g/mol. The van der Waals surface area contributed by atoms with Gasteiger partial charge >= 0.3 is 6.18 Å². The molecule has 0 radical (unpaired) electrons. The first-order chi connectivity index (χ1) is 13.0. The zero-order valence-corrected chi connectivity index (χ0v) is 14.2. The molecule has 0 bridgehead atoms. The molecule has 3 aromatic rings. The minimum absolute atomic E-state index is 0.00844. The summed E-state index contributed by atoms with van der Waals surface area (Å²) < 4.78 is 44.4. The van der Waals surface area contributed by atoms with E-state index in [0.29, 0.717) is 43.5 Å². The van der Waals surface area contributed by atoms with Crippen LogP contribution in [0.15, 0.2) is 18.6 Å². The van der Waals surface area contributed by atoms with E-state index < -0.39 is 12.0 Å². The van der Waals surface area contributed by atoms with Crippen molar-refractivity contribution in [2.45, 2.75) is 6.18 Å². The van der Waals surface area contributed by atoms with E-state index in [2.05, 4.69) is 29.9 Å². The number of alkyl halides is 3. The molecule has 0 unspecified atom stereocenters. The number of hydrogen-bond acceptors (Lipinski definition) is 8. The minimum atomic E-state index is -4.64. The number of aromatic amines is 1. The van der Waals surface area contributed by atoms with E-state index in [1.807, 2.05) is 4.90 Å². The van der Waals surface area contributed by atoms with E-state index in [0.717, 1.165) is 0 Å². The second-order valence-corrected chi connectivity index (χ2v) is 5.84. The summed E-state index contributed by atoms with van der Waals surface area (Å²) in [6.45, 7) is 1.94. The van der Waals surface area contributed by atoms with Crippen LogP contribution in [0.2, 0.25) is 0 Å². The number of fused-ring (bicyclic) bond motifs is 1. The van der Waals surface area contributed by atoms with E-state index >= 15 is 0 Å². The topological polar surface area (TPSA) is 96.0 Å². The van der Waals surface area contributed by atoms with Crippen LogP contribution in [0.3, 0.4) is 0 Å². The summed E-state index contributed by atoms with van der Waals surface area (Å²) in [6, 6.07) is 1.65. The van der Waals surface area contributed by atoms with Crippen LogP contribution >= 0.6 is 0 Å². The van der Waals surface area contributed by atoms with Gasteiger partial charge in [0.25, 0.3) is 0 Å². The van der Waals surface area contributed by atoms with Crippen LogP contribution in [0.4, 0.5) is 24.9 Å². The van der Waals surface area contributed by atoms with Gasteiger partial charge in [0.2, 0.25) is 17.7 Å². The highest BCUT2D eigenvalue weighted by molar-refractivity contribution is 5.83. The Morgan fingerprint density at radius 2 is 1.78 bits per heavy atom. The largest absolute Gasteiger partial charge is 0.481 e. The molecule has 1 aliphatic rings. The number of ether oxygens (including phenoxy) is 1. The highest BCUT2D eigenvalue weighted by Gasteiger charge is 2.37. The molecule has 0 aliphatic carbocycles. The summed E-state index contributed by atoms with van der Waals surface area (Å²) in [6.07, 6.45) is -1.73. The lowest BCUT2D eigenvalue weighted by molar-refractivity contribution is -0.144. The highest BCUT2D eigenvalue weighted by Crippen LogP contribution is 2.31. The number of imidazole rings is 1. The van der Waals surface area contributed by atoms with Crippen molar-refractivity contribution in [3.05, 3.63) is 24.4 Å². The molecule has 4 rings (SSSR count). The molecule has 1 saturated heterocycles. The molecule has 1 N–H and O–H groups in total. The highest BCUT2D eigenvalue weighted by atomic mass is 19.4. The Kier molecular flexibility index (Phi) is 4.16. The van der Waals surface area contributed by atoms with Crippen molar-refractivity contribution >= 4 is 22.9 Å². The summed E-state index contributed by atoms with van der Waals surface area (Å²) in [5, 5.41) is 0. The molecule has 0 spiro atoms. The van der Waals surface area contributed by atoms with Crippen LogP contribution in [0.5, 0.6) is 5.88 Å². The number of aromatic nitrogens is 6. The summed E-state index contributed by atoms with van der Waals surface area (Å²) in [5.41, 5.74) is 0.375. The Balaban J connectivity index is 1.58. The van der Waals surface area contributed by atoms with Gasteiger partial charge in [-0.2, -0.15) is 18.2 Å². The number of H-pyrrole nitrogens is 1. The maximum atomic E-state index is 13.1. The average Bonchev–Trinajstić information content (AvgIpc) is 3.15. The van der Waals surface area contributed by atoms with Crippen LogP contribution in [0.1, 0.15) is 5.82 Å². The number of methoxy groups -OCH3 is 1. The summed E-state index contributed by atoms with van der Waals surface area (Å²) in [4.78, 5) is 26.1. The Morgan fingerprint density at radius 1 is 1.04 bits per heavy atom. The first-order valence-corrected chi connectivity index (χ1v) is 8.11. The molecule has 0 saturated carbocycles. The SMILES string of the molecule is COc1ccnc(N2CCN(c3nc(C(F)(F)F)nc4nc[nH]c34)CC2)n1. The van der Waals surface area contributed by atoms with Crippen molar-refractivity contribution in [1.82, 2.24) is 29.9 Å². The molecule has 0 atom stereocenters. The van der Waals surface area contributed by atoms with Crippen LogP contribution < -0.4 is 14.5 Å². The standard InChI is InChI=1S/C15H15F3N8O/c1-27-9-2-3-19-14(22-9)26-6-4-25(5-7-26)12-10-11(21-8-20-10)23-13(24-12)15(16,17)18/h2-3,8H,4-7H2,1H3,(H,20,21,23,24). The monoisotopic (exact) mass is 380 g/mol. The van der Waals surface area contributed by atoms with Gasteiger partial charge in [-0.3, -0.25) is 0 Å². The molecule has 1 aliphatic heterocycles. The Bertz CT molecular complexity index is 952. The minimum Gasteiger partial charge on any atom is -0.481 e. The molecule has 0 aromatic carbocycles. The van der Waals surface area contributed by atoms with Crippen molar-refractivity contribution < 1.29 is 17.9 Å². The fourth-order valence-electron chi connectivity index (χ4n) is 2.89. The van der Waals surface area contributed by atoms with Gasteiger partial charge in [0.15, 0.2) is 11.5 Å². The van der Waals surface area contributed by atoms with Gasteiger partial charge in [0.1, 0.15) is 5.52 Å². The van der Waals surface area contributed by atoms with E-state index in [1.165, 1.54) is 13.4 Å². The number of piperazine rings is 1. The second kappa shape index (κ2) is 6.52. The molecular weight excluding hydrogens is 365 g/mol. The van der Waals surface area contributed by atoms with Crippen LogP contribution in [0, 0.1) is 0 Å². The third-order valence-corrected chi connectivity index (χ3v) is 4.21. The van der Waals surface area contributed by atoms with Gasteiger partial charge in [-0.05, 0) is 0 Å². The number of anilines is 2. The zero-order chi connectivity index (χ0) is 19.0. The lowest BCUT2D eigenvalue weighted by atomic mass is 10.3. The van der Waals surface area contributed by atoms with Gasteiger partial charge < -0.3 is 19.5 Å². The molecule has 9 nitrogen and oxygen atoms in total. The number of halogens is 3. The lowest BCUT2D eigenvalue weighted by Crippen LogP contribution is -2.47. The number of nitrogens with zero attached hydrogens (tertiary/aromatic N) is 7. The van der Waals surface area contributed by atoms with Crippen molar-refractivity contribution in [2.24, 2.45) is 0 Å². The summed E-state index contributed by atoms with van der Waals surface area (Å²) in [5.74, 6) is -0.0433. The van der Waals surface area contributed by atoms with Crippen molar-refractivity contribution in [1.29, 1.82) is 0 Å². The van der Waals surface area contributed by atoms with E-state index in [4.69, 9.17) is 4.74 Å². The van der Waals surface area contributed by atoms with Crippen LogP contribution in [-0.2, 0) is 6.18 Å². The fourth-order valence-corrected chi connectivity index (χ4v) is 2.89. The van der Waals surface area contributed by atoms with Crippen molar-refractivity contribution in [3.63, 3.8) is 0 Å². The fraction of sp³-hybridized carbons (Fsp3) is 0.400. The number of hydrogen-bond donors (Lipinski definition) is 1. The molecule has 12 heteroatoms. The smallest absolute Gasteiger partial charge is 0.451 e. The molecule has 4 heterocycles. The molecule has 0 amide bonds. The molecule has 3 aromatic heterocycles. The van der Waals surface area contributed by atoms with Gasteiger partial charge in [0, 0.05) is 38.4 Å². The first-order valence-electron chi connectivity index (χ1n) is 8.11. The third-order valence-electron chi connectivity index (χ3n) is 4.21. The maximum Gasteiger partial charge on any atom is 0.451 e. The Labute approximate surface area is 151 Å². The molecule has 27 heavy (non-hydrogen) atoms.